The van der Waals surface area contributed by atoms with Gasteiger partial charge >= 0.3 is 0 Å². The van der Waals surface area contributed by atoms with E-state index in [1.54, 1.807) is 31.0 Å². The van der Waals surface area contributed by atoms with Crippen molar-refractivity contribution in [2.45, 2.75) is 26.6 Å². The Morgan fingerprint density at radius 3 is 2.70 bits per heavy atom. The Kier molecular flexibility index (Phi) is 6.09. The molecule has 0 unspecified atom stereocenters. The number of nitrogens with one attached hydrogen (secondary N) is 1. The number of halogens is 3. The molecule has 0 aliphatic rings. The quantitative estimate of drug-likeness (QED) is 0.884. The van der Waals surface area contributed by atoms with Gasteiger partial charge in [-0.05, 0) is 6.92 Å². The van der Waals surface area contributed by atoms with E-state index in [9.17, 15) is 8.78 Å². The van der Waals surface area contributed by atoms with E-state index >= 15 is 0 Å². The van der Waals surface area contributed by atoms with Crippen molar-refractivity contribution in [1.82, 2.24) is 24.9 Å². The number of rotatable bonds is 6. The predicted octanol–water partition coefficient (Wildman–Crippen LogP) is 1.75. The summed E-state index contributed by atoms with van der Waals surface area (Å²) in [5.74, 6) is -0.321. The van der Waals surface area contributed by atoms with Gasteiger partial charge in [-0.25, -0.2) is 9.07 Å². The van der Waals surface area contributed by atoms with Crippen LogP contribution >= 0.6 is 12.4 Å². The molecule has 0 amide bonds. The van der Waals surface area contributed by atoms with Crippen LogP contribution in [0.1, 0.15) is 16.8 Å². The van der Waals surface area contributed by atoms with Gasteiger partial charge < -0.3 is 5.32 Å². The van der Waals surface area contributed by atoms with Gasteiger partial charge in [0.25, 0.3) is 0 Å². The number of hydrogen-bond donors (Lipinski definition) is 1. The molecule has 0 bridgehead atoms. The molecule has 1 N–H and O–H groups in total. The van der Waals surface area contributed by atoms with Gasteiger partial charge in [-0.15, -0.1) is 12.4 Å². The third-order valence-electron chi connectivity index (χ3n) is 2.90. The van der Waals surface area contributed by atoms with Crippen molar-refractivity contribution in [3.8, 4) is 0 Å². The third kappa shape index (κ3) is 3.77. The minimum Gasteiger partial charge on any atom is -0.308 e. The molecule has 20 heavy (non-hydrogen) atoms. The van der Waals surface area contributed by atoms with Gasteiger partial charge in [-0.1, -0.05) is 0 Å². The molecule has 8 heteroatoms. The van der Waals surface area contributed by atoms with Crippen molar-refractivity contribution in [3.05, 3.63) is 35.2 Å². The largest absolute Gasteiger partial charge is 0.308 e. The smallest absolute Gasteiger partial charge is 0.215 e. The summed E-state index contributed by atoms with van der Waals surface area (Å²) in [4.78, 5) is 0. The second-order valence-corrected chi connectivity index (χ2v) is 4.38. The zero-order chi connectivity index (χ0) is 13.8. The van der Waals surface area contributed by atoms with Gasteiger partial charge in [0, 0.05) is 37.5 Å². The maximum Gasteiger partial charge on any atom is 0.215 e. The van der Waals surface area contributed by atoms with E-state index in [-0.39, 0.29) is 24.9 Å². The highest BCUT2D eigenvalue weighted by Crippen LogP contribution is 2.10. The number of aromatic nitrogens is 4. The molecule has 0 aliphatic carbocycles. The van der Waals surface area contributed by atoms with Crippen LogP contribution in [-0.4, -0.2) is 26.2 Å². The molecule has 0 spiro atoms. The normalized spacial score (nSPS) is 10.6. The van der Waals surface area contributed by atoms with Gasteiger partial charge in [-0.2, -0.15) is 14.6 Å². The minimum atomic E-state index is -0.436. The second-order valence-electron chi connectivity index (χ2n) is 4.38. The van der Waals surface area contributed by atoms with E-state index < -0.39 is 6.67 Å². The summed E-state index contributed by atoms with van der Waals surface area (Å²) in [7, 11) is 1.58. The van der Waals surface area contributed by atoms with Crippen LogP contribution in [0.2, 0.25) is 0 Å². The lowest BCUT2D eigenvalue weighted by Gasteiger charge is -2.02. The van der Waals surface area contributed by atoms with Crippen molar-refractivity contribution >= 4 is 12.4 Å². The third-order valence-corrected chi connectivity index (χ3v) is 2.90. The SMILES string of the molecule is Cc1nn(C)c(F)c1CNCc1cnn(CCF)c1.Cl. The molecule has 0 saturated carbocycles. The molecule has 0 saturated heterocycles. The molecule has 0 radical (unpaired) electrons. The minimum absolute atomic E-state index is 0. The van der Waals surface area contributed by atoms with E-state index in [4.69, 9.17) is 0 Å². The standard InChI is InChI=1S/C12H17F2N5.ClH/c1-9-11(12(14)18(2)17-9)7-15-5-10-6-16-19(8-10)4-3-13;/h6,8,15H,3-5,7H2,1-2H3;1H. The predicted molar refractivity (Wildman–Crippen MR) is 73.9 cm³/mol. The summed E-state index contributed by atoms with van der Waals surface area (Å²) in [5, 5.41) is 11.2. The van der Waals surface area contributed by atoms with Crippen molar-refractivity contribution in [2.75, 3.05) is 6.67 Å². The van der Waals surface area contributed by atoms with Crippen molar-refractivity contribution in [1.29, 1.82) is 0 Å². The average molecular weight is 306 g/mol. The average Bonchev–Trinajstić information content (AvgIpc) is 2.90. The van der Waals surface area contributed by atoms with E-state index in [0.29, 0.717) is 24.3 Å². The molecular formula is C12H18ClF2N5. The molecular weight excluding hydrogens is 288 g/mol. The number of alkyl halides is 1. The summed E-state index contributed by atoms with van der Waals surface area (Å²) in [6.45, 7) is 2.56. The Hall–Kier alpha value is -1.47. The maximum absolute atomic E-state index is 13.7. The fourth-order valence-electron chi connectivity index (χ4n) is 1.91. The van der Waals surface area contributed by atoms with E-state index in [1.165, 1.54) is 4.68 Å². The summed E-state index contributed by atoms with van der Waals surface area (Å²) in [5.41, 5.74) is 2.19. The molecule has 0 aromatic carbocycles. The molecule has 112 valence electrons. The Morgan fingerprint density at radius 2 is 2.10 bits per heavy atom. The molecule has 2 aromatic rings. The van der Waals surface area contributed by atoms with Gasteiger partial charge in [0.2, 0.25) is 5.95 Å². The van der Waals surface area contributed by atoms with Crippen LogP contribution in [0.4, 0.5) is 8.78 Å². The topological polar surface area (TPSA) is 47.7 Å². The Balaban J connectivity index is 0.00000200. The van der Waals surface area contributed by atoms with Crippen molar-refractivity contribution < 1.29 is 8.78 Å². The number of aryl methyl sites for hydroxylation is 3. The van der Waals surface area contributed by atoms with Crippen LogP contribution in [0.25, 0.3) is 0 Å². The summed E-state index contributed by atoms with van der Waals surface area (Å²) >= 11 is 0. The first-order valence-corrected chi connectivity index (χ1v) is 6.07. The van der Waals surface area contributed by atoms with Crippen LogP contribution < -0.4 is 5.32 Å². The fraction of sp³-hybridized carbons (Fsp3) is 0.500. The molecule has 2 heterocycles. The van der Waals surface area contributed by atoms with Gasteiger partial charge in [0.05, 0.1) is 18.4 Å². The van der Waals surface area contributed by atoms with Crippen molar-refractivity contribution in [2.24, 2.45) is 7.05 Å². The monoisotopic (exact) mass is 305 g/mol. The van der Waals surface area contributed by atoms with E-state index in [2.05, 4.69) is 15.5 Å². The zero-order valence-electron chi connectivity index (χ0n) is 11.4. The lowest BCUT2D eigenvalue weighted by atomic mass is 10.2. The molecule has 2 aromatic heterocycles. The zero-order valence-corrected chi connectivity index (χ0v) is 12.3. The first-order valence-electron chi connectivity index (χ1n) is 6.07. The molecule has 5 nitrogen and oxygen atoms in total. The highest BCUT2D eigenvalue weighted by atomic mass is 35.5. The maximum atomic E-state index is 13.7. The van der Waals surface area contributed by atoms with Gasteiger partial charge in [0.15, 0.2) is 0 Å². The summed E-state index contributed by atoms with van der Waals surface area (Å²) in [6.07, 6.45) is 3.45. The molecule has 0 aliphatic heterocycles. The van der Waals surface area contributed by atoms with Crippen LogP contribution in [0, 0.1) is 12.9 Å². The highest BCUT2D eigenvalue weighted by Gasteiger charge is 2.12. The molecule has 2 rings (SSSR count). The first kappa shape index (κ1) is 16.6. The van der Waals surface area contributed by atoms with Crippen LogP contribution in [-0.2, 0) is 26.7 Å². The van der Waals surface area contributed by atoms with Gasteiger partial charge in [0.1, 0.15) is 6.67 Å². The Morgan fingerprint density at radius 1 is 1.35 bits per heavy atom. The van der Waals surface area contributed by atoms with E-state index in [1.807, 2.05) is 0 Å². The number of nitrogens with zero attached hydrogens (tertiary/aromatic N) is 4. The second kappa shape index (κ2) is 7.35. The van der Waals surface area contributed by atoms with Gasteiger partial charge in [-0.3, -0.25) is 4.68 Å². The Labute approximate surface area is 122 Å². The number of hydrogen-bond acceptors (Lipinski definition) is 3. The fourth-order valence-corrected chi connectivity index (χ4v) is 1.91. The highest BCUT2D eigenvalue weighted by molar-refractivity contribution is 5.85. The van der Waals surface area contributed by atoms with E-state index in [0.717, 1.165) is 5.56 Å². The van der Waals surface area contributed by atoms with Crippen LogP contribution in [0.15, 0.2) is 12.4 Å². The Bertz CT molecular complexity index is 552. The van der Waals surface area contributed by atoms with Crippen molar-refractivity contribution in [3.63, 3.8) is 0 Å². The molecule has 0 fully saturated rings. The summed E-state index contributed by atoms with van der Waals surface area (Å²) < 4.78 is 28.6. The summed E-state index contributed by atoms with van der Waals surface area (Å²) in [6, 6.07) is 0. The first-order chi connectivity index (χ1) is 9.11. The lowest BCUT2D eigenvalue weighted by Crippen LogP contribution is -2.14. The molecule has 0 atom stereocenters. The van der Waals surface area contributed by atoms with Crippen LogP contribution in [0.5, 0.6) is 0 Å². The van der Waals surface area contributed by atoms with Crippen LogP contribution in [0.3, 0.4) is 0 Å². The lowest BCUT2D eigenvalue weighted by molar-refractivity contribution is 0.427.